The number of anilines is 1. The molecule has 7 heteroatoms. The minimum atomic E-state index is -1.07. The molecule has 4 atom stereocenters. The number of carboxylic acid groups (broad SMARTS) is 1. The first-order valence-corrected chi connectivity index (χ1v) is 11.2. The molecule has 2 fully saturated rings. The molecular weight excluding hydrogens is 440 g/mol. The van der Waals surface area contributed by atoms with Crippen molar-refractivity contribution in [1.82, 2.24) is 4.98 Å². The van der Waals surface area contributed by atoms with Gasteiger partial charge >= 0.3 is 5.97 Å². The second kappa shape index (κ2) is 6.99. The summed E-state index contributed by atoms with van der Waals surface area (Å²) in [7, 11) is 0. The van der Waals surface area contributed by atoms with Crippen LogP contribution in [0, 0.1) is 23.7 Å². The Balaban J connectivity index is 1.35. The lowest BCUT2D eigenvalue weighted by Gasteiger charge is -2.19. The quantitative estimate of drug-likeness (QED) is 0.443. The van der Waals surface area contributed by atoms with Crippen molar-refractivity contribution in [1.29, 1.82) is 0 Å². The van der Waals surface area contributed by atoms with Gasteiger partial charge in [0.1, 0.15) is 0 Å². The number of halogens is 1. The lowest BCUT2D eigenvalue weighted by Crippen LogP contribution is -2.32. The molecule has 3 aromatic rings. The van der Waals surface area contributed by atoms with Crippen molar-refractivity contribution in [3.8, 4) is 11.3 Å². The number of carbonyl (C=O) groups is 3. The van der Waals surface area contributed by atoms with Crippen molar-refractivity contribution < 1.29 is 19.5 Å². The molecular formula is C26H19ClN2O4. The van der Waals surface area contributed by atoms with Gasteiger partial charge in [-0.15, -0.1) is 0 Å². The van der Waals surface area contributed by atoms with Crippen LogP contribution in [0.2, 0.25) is 5.02 Å². The zero-order valence-electron chi connectivity index (χ0n) is 17.7. The number of amides is 2. The molecule has 164 valence electrons. The Morgan fingerprint density at radius 3 is 2.52 bits per heavy atom. The second-order valence-electron chi connectivity index (χ2n) is 9.05. The molecule has 33 heavy (non-hydrogen) atoms. The van der Waals surface area contributed by atoms with Gasteiger partial charge in [-0.2, -0.15) is 0 Å². The van der Waals surface area contributed by atoms with E-state index in [4.69, 9.17) is 11.6 Å². The van der Waals surface area contributed by atoms with Crippen molar-refractivity contribution >= 4 is 46.0 Å². The number of aromatic nitrogens is 1. The Hall–Kier alpha value is -3.51. The number of fused-ring (bicyclic) bond motifs is 6. The summed E-state index contributed by atoms with van der Waals surface area (Å²) in [5.74, 6) is -1.48. The highest BCUT2D eigenvalue weighted by Crippen LogP contribution is 2.55. The van der Waals surface area contributed by atoms with E-state index < -0.39 is 5.97 Å². The van der Waals surface area contributed by atoms with Gasteiger partial charge in [0.2, 0.25) is 11.8 Å². The van der Waals surface area contributed by atoms with Crippen LogP contribution in [0.5, 0.6) is 0 Å². The second-order valence-corrected chi connectivity index (χ2v) is 9.49. The average molecular weight is 459 g/mol. The summed E-state index contributed by atoms with van der Waals surface area (Å²) < 4.78 is 0. The monoisotopic (exact) mass is 458 g/mol. The van der Waals surface area contributed by atoms with Gasteiger partial charge in [0, 0.05) is 16.0 Å². The molecule has 1 saturated heterocycles. The van der Waals surface area contributed by atoms with Gasteiger partial charge in [-0.1, -0.05) is 35.4 Å². The first-order valence-electron chi connectivity index (χ1n) is 10.8. The van der Waals surface area contributed by atoms with E-state index in [1.54, 1.807) is 42.5 Å². The molecule has 2 amide bonds. The predicted octanol–water partition coefficient (Wildman–Crippen LogP) is 4.96. The largest absolute Gasteiger partial charge is 0.478 e. The van der Waals surface area contributed by atoms with Crippen LogP contribution < -0.4 is 4.90 Å². The van der Waals surface area contributed by atoms with Crippen LogP contribution in [0.25, 0.3) is 22.2 Å². The fourth-order valence-electron chi connectivity index (χ4n) is 5.83. The number of benzene rings is 2. The molecule has 6 nitrogen and oxygen atoms in total. The zero-order valence-corrected chi connectivity index (χ0v) is 18.4. The molecule has 6 rings (SSSR count). The van der Waals surface area contributed by atoms with Crippen LogP contribution in [0.3, 0.4) is 0 Å². The Labute approximate surface area is 194 Å². The number of aromatic carboxylic acids is 1. The van der Waals surface area contributed by atoms with E-state index in [-0.39, 0.29) is 41.0 Å². The van der Waals surface area contributed by atoms with Crippen molar-refractivity contribution in [3.05, 3.63) is 70.8 Å². The van der Waals surface area contributed by atoms with Crippen LogP contribution in [0.4, 0.5) is 5.69 Å². The molecule has 1 aromatic heterocycles. The van der Waals surface area contributed by atoms with Crippen LogP contribution in [0.15, 0.2) is 60.2 Å². The average Bonchev–Trinajstić information content (AvgIpc) is 3.43. The normalized spacial score (nSPS) is 25.6. The molecule has 1 saturated carbocycles. The molecule has 0 spiro atoms. The van der Waals surface area contributed by atoms with Crippen LogP contribution in [0.1, 0.15) is 23.7 Å². The molecule has 3 aliphatic rings. The van der Waals surface area contributed by atoms with Gasteiger partial charge < -0.3 is 5.11 Å². The lowest BCUT2D eigenvalue weighted by molar-refractivity contribution is -0.123. The molecule has 2 bridgehead atoms. The van der Waals surface area contributed by atoms with Crippen LogP contribution in [-0.4, -0.2) is 27.9 Å². The predicted molar refractivity (Wildman–Crippen MR) is 124 cm³/mol. The minimum Gasteiger partial charge on any atom is -0.478 e. The number of nitrogens with zero attached hydrogens (tertiary/aromatic N) is 2. The number of pyridine rings is 1. The van der Waals surface area contributed by atoms with E-state index in [2.05, 4.69) is 11.1 Å². The molecule has 4 unspecified atom stereocenters. The Kier molecular flexibility index (Phi) is 4.26. The van der Waals surface area contributed by atoms with Gasteiger partial charge in [-0.25, -0.2) is 9.78 Å². The van der Waals surface area contributed by atoms with Crippen molar-refractivity contribution in [2.45, 2.75) is 13.3 Å². The number of allylic oxidation sites excluding steroid dienone is 2. The lowest BCUT2D eigenvalue weighted by atomic mass is 9.82. The maximum Gasteiger partial charge on any atom is 0.336 e. The molecule has 1 N–H and O–H groups in total. The summed E-state index contributed by atoms with van der Waals surface area (Å²) in [5.41, 5.74) is 3.56. The minimum absolute atomic E-state index is 0.109. The summed E-state index contributed by atoms with van der Waals surface area (Å²) >= 11 is 6.04. The van der Waals surface area contributed by atoms with Crippen LogP contribution >= 0.6 is 11.6 Å². The van der Waals surface area contributed by atoms with Crippen molar-refractivity contribution in [2.75, 3.05) is 4.90 Å². The number of rotatable bonds is 3. The summed E-state index contributed by atoms with van der Waals surface area (Å²) in [6.45, 7) is 2.05. The number of carbonyl (C=O) groups excluding carboxylic acids is 2. The standard InChI is InChI=1S/C26H19ClN2O4/c1-12-8-14-9-17(12)23-22(14)24(30)29(25(23)31)16-5-2-13(3-6-16)21-11-19(26(32)33)18-10-15(27)4-7-20(18)28-21/h2-8,10-11,14,17,22-23H,9H2,1H3,(H,32,33). The van der Waals surface area contributed by atoms with Gasteiger partial charge in [-0.05, 0) is 61.6 Å². The maximum absolute atomic E-state index is 13.2. The SMILES string of the molecule is CC1=CC2CC1C1C(=O)N(c3ccc(-c4cc(C(=O)O)c5cc(Cl)ccc5n4)cc3)C(=O)C21. The summed E-state index contributed by atoms with van der Waals surface area (Å²) in [6, 6.07) is 13.4. The van der Waals surface area contributed by atoms with E-state index in [0.717, 1.165) is 6.42 Å². The van der Waals surface area contributed by atoms with Gasteiger partial charge in [0.05, 0.1) is 34.3 Å². The van der Waals surface area contributed by atoms with Crippen molar-refractivity contribution in [2.24, 2.45) is 23.7 Å². The van der Waals surface area contributed by atoms with E-state index in [9.17, 15) is 19.5 Å². The Bertz CT molecular complexity index is 1410. The highest BCUT2D eigenvalue weighted by molar-refractivity contribution is 6.31. The van der Waals surface area contributed by atoms with E-state index >= 15 is 0 Å². The smallest absolute Gasteiger partial charge is 0.336 e. The highest BCUT2D eigenvalue weighted by Gasteiger charge is 2.60. The number of carboxylic acids is 1. The first-order chi connectivity index (χ1) is 15.8. The molecule has 2 aliphatic carbocycles. The van der Waals surface area contributed by atoms with E-state index in [1.165, 1.54) is 16.5 Å². The number of hydrogen-bond donors (Lipinski definition) is 1. The topological polar surface area (TPSA) is 87.6 Å². The summed E-state index contributed by atoms with van der Waals surface area (Å²) in [5, 5.41) is 10.6. The molecule has 1 aliphatic heterocycles. The third kappa shape index (κ3) is 2.87. The van der Waals surface area contributed by atoms with Crippen LogP contribution in [-0.2, 0) is 9.59 Å². The summed E-state index contributed by atoms with van der Waals surface area (Å²) in [6.07, 6.45) is 3.05. The fourth-order valence-corrected chi connectivity index (χ4v) is 6.00. The fraction of sp³-hybridized carbons (Fsp3) is 0.231. The first kappa shape index (κ1) is 20.1. The third-order valence-corrected chi connectivity index (χ3v) is 7.54. The highest BCUT2D eigenvalue weighted by atomic mass is 35.5. The maximum atomic E-state index is 13.2. The zero-order chi connectivity index (χ0) is 23.0. The number of imide groups is 1. The molecule has 2 aromatic carbocycles. The van der Waals surface area contributed by atoms with Crippen molar-refractivity contribution in [3.63, 3.8) is 0 Å². The van der Waals surface area contributed by atoms with E-state index in [1.807, 2.05) is 6.92 Å². The molecule has 2 heterocycles. The van der Waals surface area contributed by atoms with Gasteiger partial charge in [-0.3, -0.25) is 14.5 Å². The number of hydrogen-bond acceptors (Lipinski definition) is 4. The van der Waals surface area contributed by atoms with Gasteiger partial charge in [0.25, 0.3) is 0 Å². The Morgan fingerprint density at radius 2 is 1.79 bits per heavy atom. The third-order valence-electron chi connectivity index (χ3n) is 7.30. The van der Waals surface area contributed by atoms with E-state index in [0.29, 0.717) is 32.9 Å². The summed E-state index contributed by atoms with van der Waals surface area (Å²) in [4.78, 5) is 44.0. The molecule has 0 radical (unpaired) electrons. The van der Waals surface area contributed by atoms with Gasteiger partial charge in [0.15, 0.2) is 0 Å². The Morgan fingerprint density at radius 1 is 1.06 bits per heavy atom.